The molecule has 1 atom stereocenters. The molecule has 2 N–H and O–H groups in total. The van der Waals surface area contributed by atoms with Gasteiger partial charge in [-0.25, -0.2) is 5.43 Å². The van der Waals surface area contributed by atoms with E-state index >= 15 is 0 Å². The fourth-order valence-corrected chi connectivity index (χ4v) is 0.648. The number of hydrogen-bond donors (Lipinski definition) is 2. The lowest BCUT2D eigenvalue weighted by molar-refractivity contribution is -0.141. The summed E-state index contributed by atoms with van der Waals surface area (Å²) >= 11 is 0. The highest BCUT2D eigenvalue weighted by Crippen LogP contribution is 2.03. The van der Waals surface area contributed by atoms with Gasteiger partial charge in [-0.2, -0.15) is 5.10 Å². The first-order valence-electron chi connectivity index (χ1n) is 2.75. The number of rotatable bonds is 1. The molecule has 0 saturated carbocycles. The summed E-state index contributed by atoms with van der Waals surface area (Å²) in [6.45, 7) is 0. The minimum absolute atomic E-state index is 0.0150. The summed E-state index contributed by atoms with van der Waals surface area (Å²) < 4.78 is 0. The Morgan fingerprint density at radius 2 is 2.60 bits per heavy atom. The van der Waals surface area contributed by atoms with Gasteiger partial charge in [-0.15, -0.1) is 0 Å². The van der Waals surface area contributed by atoms with Crippen molar-refractivity contribution in [2.24, 2.45) is 11.0 Å². The average molecular weight is 142 g/mol. The molecule has 54 valence electrons. The molecule has 0 spiro atoms. The maximum absolute atomic E-state index is 10.5. The van der Waals surface area contributed by atoms with Gasteiger partial charge >= 0.3 is 5.97 Å². The van der Waals surface area contributed by atoms with Crippen LogP contribution in [0.1, 0.15) is 6.42 Å². The molecular formula is C5H6N2O3. The largest absolute Gasteiger partial charge is 0.481 e. The van der Waals surface area contributed by atoms with Crippen LogP contribution >= 0.6 is 0 Å². The predicted molar refractivity (Wildman–Crippen MR) is 32.4 cm³/mol. The van der Waals surface area contributed by atoms with Crippen LogP contribution in [0.4, 0.5) is 0 Å². The number of amides is 1. The number of aliphatic carboxylic acids is 1. The Hall–Kier alpha value is -1.39. The smallest absolute Gasteiger partial charge is 0.312 e. The molecule has 1 aliphatic rings. The van der Waals surface area contributed by atoms with E-state index in [0.29, 0.717) is 0 Å². The molecule has 0 radical (unpaired) electrons. The highest BCUT2D eigenvalue weighted by Gasteiger charge is 2.21. The highest BCUT2D eigenvalue weighted by molar-refractivity contribution is 5.96. The van der Waals surface area contributed by atoms with E-state index < -0.39 is 11.9 Å². The van der Waals surface area contributed by atoms with Crippen molar-refractivity contribution < 1.29 is 14.7 Å². The monoisotopic (exact) mass is 142 g/mol. The Kier molecular flexibility index (Phi) is 1.66. The number of carbonyl (C=O) groups is 2. The molecule has 1 aliphatic heterocycles. The van der Waals surface area contributed by atoms with Crippen molar-refractivity contribution in [1.82, 2.24) is 5.43 Å². The fourth-order valence-electron chi connectivity index (χ4n) is 0.648. The van der Waals surface area contributed by atoms with Crippen molar-refractivity contribution in [3.05, 3.63) is 0 Å². The highest BCUT2D eigenvalue weighted by atomic mass is 16.4. The molecule has 0 fully saturated rings. The third kappa shape index (κ3) is 1.31. The first kappa shape index (κ1) is 6.73. The molecule has 0 aliphatic carbocycles. The Morgan fingerprint density at radius 1 is 1.90 bits per heavy atom. The fraction of sp³-hybridized carbons (Fsp3) is 0.400. The Bertz CT molecular complexity index is 199. The summed E-state index contributed by atoms with van der Waals surface area (Å²) in [5.74, 6) is -2.12. The summed E-state index contributed by atoms with van der Waals surface area (Å²) in [5.41, 5.74) is 2.13. The van der Waals surface area contributed by atoms with Crippen molar-refractivity contribution in [3.63, 3.8) is 0 Å². The lowest BCUT2D eigenvalue weighted by Crippen LogP contribution is -2.31. The number of nitrogens with zero attached hydrogens (tertiary/aromatic N) is 1. The van der Waals surface area contributed by atoms with Crippen LogP contribution in [-0.2, 0) is 9.59 Å². The Balaban J connectivity index is 2.64. The lowest BCUT2D eigenvalue weighted by atomic mass is 10.1. The zero-order valence-electron chi connectivity index (χ0n) is 5.07. The van der Waals surface area contributed by atoms with Gasteiger partial charge in [-0.3, -0.25) is 9.59 Å². The van der Waals surface area contributed by atoms with Crippen LogP contribution in [0.5, 0.6) is 0 Å². The number of nitrogens with one attached hydrogen (secondary N) is 1. The van der Waals surface area contributed by atoms with Gasteiger partial charge in [0.25, 0.3) is 0 Å². The maximum atomic E-state index is 10.5. The molecule has 5 heteroatoms. The van der Waals surface area contributed by atoms with Crippen LogP contribution in [0.3, 0.4) is 0 Å². The zero-order valence-corrected chi connectivity index (χ0v) is 5.07. The first-order chi connectivity index (χ1) is 4.70. The second-order valence-electron chi connectivity index (χ2n) is 1.96. The van der Waals surface area contributed by atoms with E-state index in [9.17, 15) is 9.59 Å². The molecule has 0 aromatic carbocycles. The van der Waals surface area contributed by atoms with E-state index in [4.69, 9.17) is 5.11 Å². The average Bonchev–Trinajstić information content (AvgIpc) is 1.88. The number of carboxylic acids is 1. The predicted octanol–water partition coefficient (Wildman–Crippen LogP) is -0.807. The van der Waals surface area contributed by atoms with Gasteiger partial charge in [-0.05, 0) is 0 Å². The van der Waals surface area contributed by atoms with Gasteiger partial charge in [0.15, 0.2) is 0 Å². The molecule has 1 unspecified atom stereocenters. The normalized spacial score (nSPS) is 24.0. The van der Waals surface area contributed by atoms with Crippen molar-refractivity contribution in [3.8, 4) is 0 Å². The first-order valence-corrected chi connectivity index (χ1v) is 2.75. The number of carbonyl (C=O) groups excluding carboxylic acids is 1. The minimum atomic E-state index is -1.02. The maximum Gasteiger partial charge on any atom is 0.312 e. The van der Waals surface area contributed by atoms with E-state index in [1.807, 2.05) is 0 Å². The van der Waals surface area contributed by atoms with Gasteiger partial charge in [0.05, 0.1) is 0 Å². The summed E-state index contributed by atoms with van der Waals surface area (Å²) in [6.07, 6.45) is 1.20. The lowest BCUT2D eigenvalue weighted by Gasteiger charge is -2.09. The van der Waals surface area contributed by atoms with Crippen molar-refractivity contribution in [2.75, 3.05) is 0 Å². The van der Waals surface area contributed by atoms with Crippen LogP contribution < -0.4 is 5.43 Å². The third-order valence-corrected chi connectivity index (χ3v) is 1.17. The van der Waals surface area contributed by atoms with Crippen LogP contribution in [-0.4, -0.2) is 23.2 Å². The van der Waals surface area contributed by atoms with Gasteiger partial charge in [0, 0.05) is 12.6 Å². The van der Waals surface area contributed by atoms with Crippen molar-refractivity contribution >= 4 is 18.1 Å². The molecule has 0 bridgehead atoms. The molecule has 0 saturated heterocycles. The van der Waals surface area contributed by atoms with Crippen LogP contribution in [0.25, 0.3) is 0 Å². The van der Waals surface area contributed by atoms with E-state index in [0.717, 1.165) is 0 Å². The van der Waals surface area contributed by atoms with Gasteiger partial charge in [0.1, 0.15) is 5.92 Å². The van der Waals surface area contributed by atoms with E-state index in [1.165, 1.54) is 6.21 Å². The molecule has 5 nitrogen and oxygen atoms in total. The Labute approximate surface area is 56.7 Å². The molecule has 1 heterocycles. The molecule has 0 aromatic heterocycles. The number of carboxylic acid groups (broad SMARTS) is 1. The van der Waals surface area contributed by atoms with Crippen LogP contribution in [0.2, 0.25) is 0 Å². The van der Waals surface area contributed by atoms with E-state index in [2.05, 4.69) is 10.5 Å². The summed E-state index contributed by atoms with van der Waals surface area (Å²) in [7, 11) is 0. The zero-order chi connectivity index (χ0) is 7.56. The van der Waals surface area contributed by atoms with Gasteiger partial charge in [-0.1, -0.05) is 0 Å². The topological polar surface area (TPSA) is 78.8 Å². The second-order valence-corrected chi connectivity index (χ2v) is 1.96. The van der Waals surface area contributed by atoms with Crippen LogP contribution in [0, 0.1) is 5.92 Å². The molecular weight excluding hydrogens is 136 g/mol. The van der Waals surface area contributed by atoms with Crippen molar-refractivity contribution in [1.29, 1.82) is 0 Å². The summed E-state index contributed by atoms with van der Waals surface area (Å²) in [5, 5.41) is 11.7. The standard InChI is InChI=1S/C5H6N2O3/c8-4-1-3(5(9)10)2-6-7-4/h2-3H,1H2,(H,7,8)(H,9,10). The molecule has 0 aromatic rings. The van der Waals surface area contributed by atoms with E-state index in [1.54, 1.807) is 0 Å². The summed E-state index contributed by atoms with van der Waals surface area (Å²) in [6, 6.07) is 0. The van der Waals surface area contributed by atoms with Crippen molar-refractivity contribution in [2.45, 2.75) is 6.42 Å². The van der Waals surface area contributed by atoms with Crippen LogP contribution in [0.15, 0.2) is 5.10 Å². The number of hydrazone groups is 1. The van der Waals surface area contributed by atoms with E-state index in [-0.39, 0.29) is 12.3 Å². The Morgan fingerprint density at radius 3 is 3.00 bits per heavy atom. The second kappa shape index (κ2) is 2.47. The number of hydrogen-bond acceptors (Lipinski definition) is 3. The van der Waals surface area contributed by atoms with Gasteiger partial charge < -0.3 is 5.11 Å². The molecule has 1 amide bonds. The molecule has 1 rings (SSSR count). The SMILES string of the molecule is O=C1CC(C(=O)O)C=NN1. The third-order valence-electron chi connectivity index (χ3n) is 1.17. The van der Waals surface area contributed by atoms with Gasteiger partial charge in [0.2, 0.25) is 5.91 Å². The minimum Gasteiger partial charge on any atom is -0.481 e. The summed E-state index contributed by atoms with van der Waals surface area (Å²) in [4.78, 5) is 20.7. The quantitative estimate of drug-likeness (QED) is 0.502. The molecule has 10 heavy (non-hydrogen) atoms.